The molecule has 0 saturated carbocycles. The Morgan fingerprint density at radius 1 is 0.541 bits per heavy atom. The molecule has 0 rings (SSSR count). The van der Waals surface area contributed by atoms with Gasteiger partial charge in [0.1, 0.15) is 0 Å². The molecular weight excluding hydrogens is 468 g/mol. The minimum atomic E-state index is -3.20. The van der Waals surface area contributed by atoms with Crippen molar-refractivity contribution in [1.82, 2.24) is 0 Å². The van der Waals surface area contributed by atoms with E-state index in [9.17, 15) is 30.0 Å². The first-order valence-electron chi connectivity index (χ1n) is 15.6. The first-order valence-corrected chi connectivity index (χ1v) is 15.6. The SMILES string of the molecule is CCCCCCCCCCCCCCCCC(O)(C(=O)CCCCC)C(O)(O)C(O)C(=O)CCCCC. The minimum Gasteiger partial charge on any atom is -0.380 e. The van der Waals surface area contributed by atoms with E-state index in [1.165, 1.54) is 57.8 Å². The largest absolute Gasteiger partial charge is 0.380 e. The molecule has 0 aliphatic carbocycles. The van der Waals surface area contributed by atoms with Crippen LogP contribution in [0.5, 0.6) is 0 Å². The second kappa shape index (κ2) is 22.0. The molecule has 6 nitrogen and oxygen atoms in total. The van der Waals surface area contributed by atoms with Crippen LogP contribution in [0.25, 0.3) is 0 Å². The Bertz CT molecular complexity index is 576. The second-order valence-electron chi connectivity index (χ2n) is 11.1. The lowest BCUT2D eigenvalue weighted by Crippen LogP contribution is -2.67. The number of hydrogen-bond donors (Lipinski definition) is 4. The Balaban J connectivity index is 4.62. The van der Waals surface area contributed by atoms with Crippen molar-refractivity contribution >= 4 is 11.6 Å². The number of aliphatic hydroxyl groups excluding tert-OH is 1. The van der Waals surface area contributed by atoms with Crippen molar-refractivity contribution in [2.24, 2.45) is 0 Å². The van der Waals surface area contributed by atoms with Gasteiger partial charge in [-0.1, -0.05) is 130 Å². The summed E-state index contributed by atoms with van der Waals surface area (Å²) in [6.07, 6.45) is 18.1. The summed E-state index contributed by atoms with van der Waals surface area (Å²) in [6.45, 7) is 6.21. The van der Waals surface area contributed by atoms with E-state index in [-0.39, 0.29) is 19.3 Å². The van der Waals surface area contributed by atoms with Gasteiger partial charge in [-0.05, 0) is 25.7 Å². The molecule has 37 heavy (non-hydrogen) atoms. The van der Waals surface area contributed by atoms with Crippen LogP contribution >= 0.6 is 0 Å². The number of unbranched alkanes of at least 4 members (excludes halogenated alkanes) is 17. The predicted octanol–water partition coefficient (Wildman–Crippen LogP) is 6.93. The highest BCUT2D eigenvalue weighted by atomic mass is 16.6. The third-order valence-corrected chi connectivity index (χ3v) is 7.68. The Morgan fingerprint density at radius 3 is 1.32 bits per heavy atom. The molecule has 0 aliphatic rings. The molecule has 0 aromatic rings. The number of carbonyl (C=O) groups excluding carboxylic acids is 2. The van der Waals surface area contributed by atoms with E-state index in [0.29, 0.717) is 19.3 Å². The summed E-state index contributed by atoms with van der Waals surface area (Å²) in [5, 5.41) is 43.2. The zero-order chi connectivity index (χ0) is 28.0. The molecule has 6 heteroatoms. The third-order valence-electron chi connectivity index (χ3n) is 7.68. The van der Waals surface area contributed by atoms with Gasteiger partial charge in [0.05, 0.1) is 0 Å². The fourth-order valence-corrected chi connectivity index (χ4v) is 4.98. The first kappa shape index (κ1) is 36.2. The van der Waals surface area contributed by atoms with Gasteiger partial charge in [0.15, 0.2) is 23.3 Å². The molecule has 2 unspecified atom stereocenters. The molecule has 0 saturated heterocycles. The maximum Gasteiger partial charge on any atom is 0.234 e. The van der Waals surface area contributed by atoms with Crippen molar-refractivity contribution < 1.29 is 30.0 Å². The number of ketones is 2. The van der Waals surface area contributed by atoms with Gasteiger partial charge in [-0.2, -0.15) is 0 Å². The molecule has 0 spiro atoms. The highest BCUT2D eigenvalue weighted by Gasteiger charge is 2.58. The molecule has 0 fully saturated rings. The van der Waals surface area contributed by atoms with E-state index in [2.05, 4.69) is 6.92 Å². The number of carbonyl (C=O) groups is 2. The van der Waals surface area contributed by atoms with E-state index in [0.717, 1.165) is 51.4 Å². The van der Waals surface area contributed by atoms with Crippen LogP contribution in [0.2, 0.25) is 0 Å². The quantitative estimate of drug-likeness (QED) is 0.0679. The summed E-state index contributed by atoms with van der Waals surface area (Å²) in [5.74, 6) is -4.66. The summed E-state index contributed by atoms with van der Waals surface area (Å²) in [5.41, 5.74) is -2.56. The van der Waals surface area contributed by atoms with Crippen LogP contribution in [0.1, 0.15) is 168 Å². The van der Waals surface area contributed by atoms with Gasteiger partial charge in [0.25, 0.3) is 0 Å². The number of rotatable bonds is 27. The fraction of sp³-hybridized carbons (Fsp3) is 0.935. The van der Waals surface area contributed by atoms with Crippen molar-refractivity contribution in [2.75, 3.05) is 0 Å². The molecular formula is C31H60O6. The lowest BCUT2D eigenvalue weighted by molar-refractivity contribution is -0.299. The van der Waals surface area contributed by atoms with Crippen LogP contribution in [0.3, 0.4) is 0 Å². The highest BCUT2D eigenvalue weighted by Crippen LogP contribution is 2.33. The zero-order valence-corrected chi connectivity index (χ0v) is 24.4. The number of aliphatic hydroxyl groups is 4. The van der Waals surface area contributed by atoms with Gasteiger partial charge >= 0.3 is 0 Å². The van der Waals surface area contributed by atoms with E-state index in [1.54, 1.807) is 0 Å². The standard InChI is InChI=1S/C31H60O6/c1-4-7-10-11-12-13-14-15-16-17-18-19-20-23-26-30(35,28(33)25-22-9-6-3)31(36,37)29(34)27(32)24-21-8-5-2/h29,34-37H,4-26H2,1-3H3. The lowest BCUT2D eigenvalue weighted by Gasteiger charge is -2.40. The highest BCUT2D eigenvalue weighted by molar-refractivity contribution is 5.91. The van der Waals surface area contributed by atoms with E-state index >= 15 is 0 Å². The van der Waals surface area contributed by atoms with Gasteiger partial charge in [0, 0.05) is 12.8 Å². The third kappa shape index (κ3) is 14.8. The molecule has 0 bridgehead atoms. The Morgan fingerprint density at radius 2 is 0.892 bits per heavy atom. The van der Waals surface area contributed by atoms with Crippen LogP contribution in [0.15, 0.2) is 0 Å². The van der Waals surface area contributed by atoms with E-state index in [4.69, 9.17) is 0 Å². The minimum absolute atomic E-state index is 0.0114. The molecule has 0 aromatic carbocycles. The van der Waals surface area contributed by atoms with Crippen molar-refractivity contribution in [1.29, 1.82) is 0 Å². The van der Waals surface area contributed by atoms with E-state index in [1.807, 2.05) is 13.8 Å². The zero-order valence-electron chi connectivity index (χ0n) is 24.4. The fourth-order valence-electron chi connectivity index (χ4n) is 4.98. The van der Waals surface area contributed by atoms with Crippen LogP contribution in [-0.4, -0.2) is 49.5 Å². The van der Waals surface area contributed by atoms with E-state index < -0.39 is 29.1 Å². The van der Waals surface area contributed by atoms with Gasteiger partial charge < -0.3 is 20.4 Å². The van der Waals surface area contributed by atoms with Gasteiger partial charge in [-0.3, -0.25) is 9.59 Å². The molecule has 2 atom stereocenters. The molecule has 0 aliphatic heterocycles. The summed E-state index contributed by atoms with van der Waals surface area (Å²) in [4.78, 5) is 25.3. The average Bonchev–Trinajstić information content (AvgIpc) is 2.88. The Labute approximate surface area is 227 Å². The van der Waals surface area contributed by atoms with Crippen LogP contribution < -0.4 is 0 Å². The topological polar surface area (TPSA) is 115 Å². The molecule has 4 N–H and O–H groups in total. The summed E-state index contributed by atoms with van der Waals surface area (Å²) < 4.78 is 0. The average molecular weight is 529 g/mol. The monoisotopic (exact) mass is 528 g/mol. The van der Waals surface area contributed by atoms with Crippen LogP contribution in [0, 0.1) is 0 Å². The number of hydrogen-bond acceptors (Lipinski definition) is 6. The maximum atomic E-state index is 12.9. The smallest absolute Gasteiger partial charge is 0.234 e. The molecule has 0 heterocycles. The lowest BCUT2D eigenvalue weighted by atomic mass is 9.77. The Kier molecular flexibility index (Phi) is 21.6. The van der Waals surface area contributed by atoms with Gasteiger partial charge in [-0.15, -0.1) is 0 Å². The normalized spacial score (nSPS) is 14.5. The predicted molar refractivity (Wildman–Crippen MR) is 151 cm³/mol. The molecule has 0 aromatic heterocycles. The number of Topliss-reactive ketones (excluding diaryl/α,β-unsaturated/α-hetero) is 2. The molecule has 220 valence electrons. The van der Waals surface area contributed by atoms with Crippen molar-refractivity contribution in [3.63, 3.8) is 0 Å². The first-order chi connectivity index (χ1) is 17.7. The Hall–Kier alpha value is -0.820. The summed E-state index contributed by atoms with van der Waals surface area (Å²) in [7, 11) is 0. The van der Waals surface area contributed by atoms with Gasteiger partial charge in [-0.25, -0.2) is 0 Å². The van der Waals surface area contributed by atoms with Crippen LogP contribution in [0.4, 0.5) is 0 Å². The maximum absolute atomic E-state index is 12.9. The molecule has 0 amide bonds. The summed E-state index contributed by atoms with van der Waals surface area (Å²) in [6, 6.07) is 0. The van der Waals surface area contributed by atoms with Crippen molar-refractivity contribution in [3.05, 3.63) is 0 Å². The molecule has 0 radical (unpaired) electrons. The van der Waals surface area contributed by atoms with Crippen molar-refractivity contribution in [3.8, 4) is 0 Å². The summed E-state index contributed by atoms with van der Waals surface area (Å²) >= 11 is 0. The van der Waals surface area contributed by atoms with Gasteiger partial charge in [0.2, 0.25) is 5.79 Å². The van der Waals surface area contributed by atoms with Crippen LogP contribution in [-0.2, 0) is 9.59 Å². The second-order valence-corrected chi connectivity index (χ2v) is 11.1. The van der Waals surface area contributed by atoms with Crippen molar-refractivity contribution in [2.45, 2.75) is 186 Å².